The fourth-order valence-corrected chi connectivity index (χ4v) is 2.49. The molecule has 1 aromatic heterocycles. The van der Waals surface area contributed by atoms with Crippen LogP contribution in [0.2, 0.25) is 0 Å². The lowest BCUT2D eigenvalue weighted by Crippen LogP contribution is -2.02. The minimum Gasteiger partial charge on any atom is -0.508 e. The molecule has 5 heteroatoms. The first-order valence-electron chi connectivity index (χ1n) is 7.81. The van der Waals surface area contributed by atoms with Crippen molar-refractivity contribution in [3.05, 3.63) is 83.7 Å². The summed E-state index contributed by atoms with van der Waals surface area (Å²) in [6.07, 6.45) is 6.90. The lowest BCUT2D eigenvalue weighted by Gasteiger charge is -2.09. The number of aromatic hydroxyl groups is 1. The van der Waals surface area contributed by atoms with Crippen LogP contribution in [0, 0.1) is 0 Å². The maximum absolute atomic E-state index is 12.2. The van der Waals surface area contributed by atoms with Gasteiger partial charge in [-0.05, 0) is 54.1 Å². The van der Waals surface area contributed by atoms with E-state index >= 15 is 0 Å². The largest absolute Gasteiger partial charge is 0.508 e. The fourth-order valence-electron chi connectivity index (χ4n) is 2.49. The Morgan fingerprint density at radius 1 is 1.24 bits per heavy atom. The van der Waals surface area contributed by atoms with Crippen LogP contribution in [0.5, 0.6) is 11.5 Å². The fraction of sp³-hybridized carbons (Fsp3) is 0.100. The monoisotopic (exact) mass is 334 g/mol. The summed E-state index contributed by atoms with van der Waals surface area (Å²) in [5.74, 6) is 0.793. The zero-order chi connectivity index (χ0) is 17.6. The number of ether oxygens (including phenoxy) is 1. The molecule has 0 saturated heterocycles. The number of allylic oxidation sites excluding steroid dienone is 1. The number of rotatable bonds is 6. The van der Waals surface area contributed by atoms with E-state index in [9.17, 15) is 9.90 Å². The molecular weight excluding hydrogens is 316 g/mol. The molecule has 1 N–H and O–H groups in total. The van der Waals surface area contributed by atoms with E-state index in [2.05, 4.69) is 5.10 Å². The van der Waals surface area contributed by atoms with Crippen LogP contribution in [0.4, 0.5) is 0 Å². The minimum atomic E-state index is -0.121. The number of carbonyl (C=O) groups is 1. The molecule has 0 fully saturated rings. The van der Waals surface area contributed by atoms with Gasteiger partial charge in [-0.3, -0.25) is 9.48 Å². The Kier molecular flexibility index (Phi) is 4.95. The molecule has 25 heavy (non-hydrogen) atoms. The number of ketones is 1. The van der Waals surface area contributed by atoms with Crippen molar-refractivity contribution in [2.75, 3.05) is 7.11 Å². The lowest BCUT2D eigenvalue weighted by atomic mass is 10.1. The Labute approximate surface area is 145 Å². The second kappa shape index (κ2) is 7.49. The van der Waals surface area contributed by atoms with E-state index in [1.165, 1.54) is 18.2 Å². The van der Waals surface area contributed by atoms with Crippen LogP contribution in [0.25, 0.3) is 6.08 Å². The Morgan fingerprint density at radius 3 is 2.72 bits per heavy atom. The number of phenolic OH excluding ortho intramolecular Hbond substituents is 1. The highest BCUT2D eigenvalue weighted by atomic mass is 16.5. The molecule has 126 valence electrons. The summed E-state index contributed by atoms with van der Waals surface area (Å²) in [5.41, 5.74) is 2.40. The molecule has 0 aliphatic rings. The van der Waals surface area contributed by atoms with Gasteiger partial charge >= 0.3 is 0 Å². The molecule has 0 aliphatic heterocycles. The third kappa shape index (κ3) is 4.14. The summed E-state index contributed by atoms with van der Waals surface area (Å²) in [4.78, 5) is 12.2. The van der Waals surface area contributed by atoms with Gasteiger partial charge in [0.15, 0.2) is 5.78 Å². The van der Waals surface area contributed by atoms with Gasteiger partial charge in [-0.15, -0.1) is 0 Å². The highest BCUT2D eigenvalue weighted by Crippen LogP contribution is 2.22. The summed E-state index contributed by atoms with van der Waals surface area (Å²) < 4.78 is 7.21. The van der Waals surface area contributed by atoms with Crippen molar-refractivity contribution in [1.29, 1.82) is 0 Å². The van der Waals surface area contributed by atoms with Crippen molar-refractivity contribution >= 4 is 11.9 Å². The number of benzene rings is 2. The molecular formula is C20H18N2O3. The molecule has 0 unspecified atom stereocenters. The smallest absolute Gasteiger partial charge is 0.185 e. The highest BCUT2D eigenvalue weighted by molar-refractivity contribution is 6.06. The molecule has 0 amide bonds. The minimum absolute atomic E-state index is 0.121. The summed E-state index contributed by atoms with van der Waals surface area (Å²) in [5, 5.41) is 13.5. The normalized spacial score (nSPS) is 10.9. The van der Waals surface area contributed by atoms with Crippen LogP contribution in [0.3, 0.4) is 0 Å². The topological polar surface area (TPSA) is 64.3 Å². The molecule has 3 aromatic rings. The summed E-state index contributed by atoms with van der Waals surface area (Å²) >= 11 is 0. The SMILES string of the molecule is COc1ccc(/C=C/C(=O)c2ccc(O)cc2)cc1Cn1cccn1. The molecule has 2 aromatic carbocycles. The van der Waals surface area contributed by atoms with Crippen LogP contribution in [-0.2, 0) is 6.54 Å². The second-order valence-electron chi connectivity index (χ2n) is 5.52. The number of hydrogen-bond acceptors (Lipinski definition) is 4. The Morgan fingerprint density at radius 2 is 2.04 bits per heavy atom. The standard InChI is InChI=1S/C20H18N2O3/c1-25-20-10-4-15(13-17(20)14-22-12-2-11-21-22)3-9-19(24)16-5-7-18(23)8-6-16/h2-13,23H,14H2,1H3/b9-3+. The number of methoxy groups -OCH3 is 1. The molecule has 1 heterocycles. The van der Waals surface area contributed by atoms with Gasteiger partial charge in [0.05, 0.1) is 13.7 Å². The van der Waals surface area contributed by atoms with Gasteiger partial charge in [0, 0.05) is 23.5 Å². The maximum Gasteiger partial charge on any atom is 0.185 e. The predicted molar refractivity (Wildman–Crippen MR) is 95.8 cm³/mol. The van der Waals surface area contributed by atoms with Gasteiger partial charge in [-0.2, -0.15) is 5.10 Å². The van der Waals surface area contributed by atoms with E-state index in [-0.39, 0.29) is 11.5 Å². The first-order chi connectivity index (χ1) is 12.2. The van der Waals surface area contributed by atoms with Crippen LogP contribution < -0.4 is 4.74 Å². The average Bonchev–Trinajstić information content (AvgIpc) is 3.13. The number of phenols is 1. The number of hydrogen-bond donors (Lipinski definition) is 1. The van der Waals surface area contributed by atoms with Crippen molar-refractivity contribution in [3.63, 3.8) is 0 Å². The van der Waals surface area contributed by atoms with E-state index in [1.807, 2.05) is 35.1 Å². The van der Waals surface area contributed by atoms with Crippen molar-refractivity contribution in [1.82, 2.24) is 9.78 Å². The quantitative estimate of drug-likeness (QED) is 0.553. The molecule has 3 rings (SSSR count). The number of aromatic nitrogens is 2. The Balaban J connectivity index is 1.80. The maximum atomic E-state index is 12.2. The van der Waals surface area contributed by atoms with E-state index in [4.69, 9.17) is 4.74 Å². The Bertz CT molecular complexity index is 882. The highest BCUT2D eigenvalue weighted by Gasteiger charge is 2.06. The summed E-state index contributed by atoms with van der Waals surface area (Å²) in [6.45, 7) is 0.587. The van der Waals surface area contributed by atoms with Gasteiger partial charge in [-0.1, -0.05) is 12.1 Å². The predicted octanol–water partition coefficient (Wildman–Crippen LogP) is 3.54. The number of carbonyl (C=O) groups excluding carboxylic acids is 1. The van der Waals surface area contributed by atoms with Crippen LogP contribution in [0.1, 0.15) is 21.5 Å². The summed E-state index contributed by atoms with van der Waals surface area (Å²) in [6, 6.07) is 13.8. The lowest BCUT2D eigenvalue weighted by molar-refractivity contribution is 0.104. The van der Waals surface area contributed by atoms with E-state index < -0.39 is 0 Å². The van der Waals surface area contributed by atoms with Gasteiger partial charge in [-0.25, -0.2) is 0 Å². The molecule has 0 radical (unpaired) electrons. The Hall–Kier alpha value is -3.34. The van der Waals surface area contributed by atoms with Crippen molar-refractivity contribution in [2.45, 2.75) is 6.54 Å². The molecule has 0 aliphatic carbocycles. The van der Waals surface area contributed by atoms with Crippen LogP contribution in [-0.4, -0.2) is 27.8 Å². The van der Waals surface area contributed by atoms with Crippen molar-refractivity contribution in [2.24, 2.45) is 0 Å². The third-order valence-electron chi connectivity index (χ3n) is 3.77. The molecule has 0 bridgehead atoms. The van der Waals surface area contributed by atoms with Gasteiger partial charge in [0.2, 0.25) is 0 Å². The number of nitrogens with zero attached hydrogens (tertiary/aromatic N) is 2. The van der Waals surface area contributed by atoms with E-state index in [0.29, 0.717) is 12.1 Å². The molecule has 5 nitrogen and oxygen atoms in total. The third-order valence-corrected chi connectivity index (χ3v) is 3.77. The van der Waals surface area contributed by atoms with Gasteiger partial charge in [0.25, 0.3) is 0 Å². The van der Waals surface area contributed by atoms with Gasteiger partial charge in [0.1, 0.15) is 11.5 Å². The zero-order valence-electron chi connectivity index (χ0n) is 13.8. The van der Waals surface area contributed by atoms with Crippen LogP contribution >= 0.6 is 0 Å². The van der Waals surface area contributed by atoms with E-state index in [0.717, 1.165) is 16.9 Å². The van der Waals surface area contributed by atoms with Crippen molar-refractivity contribution < 1.29 is 14.6 Å². The first-order valence-corrected chi connectivity index (χ1v) is 7.81. The average molecular weight is 334 g/mol. The molecule has 0 atom stereocenters. The molecule has 0 saturated carbocycles. The zero-order valence-corrected chi connectivity index (χ0v) is 13.8. The molecule has 0 spiro atoms. The van der Waals surface area contributed by atoms with Crippen molar-refractivity contribution in [3.8, 4) is 11.5 Å². The van der Waals surface area contributed by atoms with E-state index in [1.54, 1.807) is 31.5 Å². The van der Waals surface area contributed by atoms with Crippen LogP contribution in [0.15, 0.2) is 67.0 Å². The first kappa shape index (κ1) is 16.5. The van der Waals surface area contributed by atoms with Gasteiger partial charge < -0.3 is 9.84 Å². The summed E-state index contributed by atoms with van der Waals surface area (Å²) in [7, 11) is 1.63. The second-order valence-corrected chi connectivity index (χ2v) is 5.52.